The molecule has 0 saturated carbocycles. The van der Waals surface area contributed by atoms with Crippen molar-refractivity contribution >= 4 is 28.1 Å². The predicted molar refractivity (Wildman–Crippen MR) is 99.0 cm³/mol. The number of nitrogens with one attached hydrogen (secondary N) is 1. The van der Waals surface area contributed by atoms with E-state index in [1.165, 1.54) is 41.8 Å². The summed E-state index contributed by atoms with van der Waals surface area (Å²) in [6.45, 7) is 0. The van der Waals surface area contributed by atoms with E-state index >= 15 is 0 Å². The van der Waals surface area contributed by atoms with Crippen molar-refractivity contribution in [3.05, 3.63) is 75.3 Å². The summed E-state index contributed by atoms with van der Waals surface area (Å²) in [6.07, 6.45) is 2.02. The quantitative estimate of drug-likeness (QED) is 0.568. The number of hydrogen-bond acceptors (Lipinski definition) is 4. The zero-order valence-electron chi connectivity index (χ0n) is 14.1. The van der Waals surface area contributed by atoms with Crippen molar-refractivity contribution in [3.8, 4) is 5.75 Å². The molecule has 0 radical (unpaired) electrons. The molecule has 0 heterocycles. The second kappa shape index (κ2) is 6.15. The predicted octanol–water partition coefficient (Wildman–Crippen LogP) is 4.11. The summed E-state index contributed by atoms with van der Waals surface area (Å²) in [4.78, 5) is 23.2. The molecule has 1 aliphatic rings. The molecular formula is C20H16N2O4. The van der Waals surface area contributed by atoms with Crippen LogP contribution in [0, 0.1) is 10.1 Å². The average molecular weight is 348 g/mol. The van der Waals surface area contributed by atoms with Gasteiger partial charge in [-0.1, -0.05) is 24.3 Å². The maximum Gasteiger partial charge on any atom is 0.311 e. The standard InChI is InChI=1S/C20H16N2O4/c1-26-18-10-8-14(11-17(18)22(24)25)20(23)21-16-9-7-13-6-5-12-3-2-4-15(16)19(12)13/h2-4,7-11H,5-6H2,1H3,(H,21,23). The number of nitro groups is 1. The summed E-state index contributed by atoms with van der Waals surface area (Å²) in [5, 5.41) is 16.2. The Balaban J connectivity index is 1.71. The van der Waals surface area contributed by atoms with Gasteiger partial charge in [0.25, 0.3) is 5.91 Å². The van der Waals surface area contributed by atoms with E-state index in [1.54, 1.807) is 0 Å². The second-order valence-electron chi connectivity index (χ2n) is 6.21. The fourth-order valence-corrected chi connectivity index (χ4v) is 3.52. The summed E-state index contributed by atoms with van der Waals surface area (Å²) in [5.41, 5.74) is 3.25. The molecular weight excluding hydrogens is 332 g/mol. The van der Waals surface area contributed by atoms with Gasteiger partial charge in [0, 0.05) is 22.7 Å². The molecule has 1 aliphatic carbocycles. The Morgan fingerprint density at radius 3 is 2.62 bits per heavy atom. The van der Waals surface area contributed by atoms with E-state index < -0.39 is 10.8 Å². The Bertz CT molecular complexity index is 1050. The molecule has 26 heavy (non-hydrogen) atoms. The third kappa shape index (κ3) is 2.56. The molecule has 3 aromatic carbocycles. The first-order valence-electron chi connectivity index (χ1n) is 8.26. The minimum absolute atomic E-state index is 0.122. The molecule has 1 amide bonds. The lowest BCUT2D eigenvalue weighted by Gasteiger charge is -2.11. The highest BCUT2D eigenvalue weighted by Crippen LogP contribution is 2.35. The molecule has 0 unspecified atom stereocenters. The zero-order chi connectivity index (χ0) is 18.3. The molecule has 3 aromatic rings. The molecule has 1 N–H and O–H groups in total. The van der Waals surface area contributed by atoms with Gasteiger partial charge in [-0.2, -0.15) is 0 Å². The SMILES string of the molecule is COc1ccc(C(=O)Nc2ccc3c4c(cccc24)CC3)cc1[N+](=O)[O-]. The number of benzene rings is 3. The van der Waals surface area contributed by atoms with Crippen molar-refractivity contribution in [3.63, 3.8) is 0 Å². The van der Waals surface area contributed by atoms with E-state index in [0.717, 1.165) is 18.2 Å². The maximum absolute atomic E-state index is 12.6. The first-order chi connectivity index (χ1) is 12.6. The van der Waals surface area contributed by atoms with Crippen LogP contribution in [0.1, 0.15) is 21.5 Å². The van der Waals surface area contributed by atoms with Gasteiger partial charge in [0.15, 0.2) is 5.75 Å². The van der Waals surface area contributed by atoms with Crippen LogP contribution in [0.2, 0.25) is 0 Å². The summed E-state index contributed by atoms with van der Waals surface area (Å²) in [7, 11) is 1.36. The molecule has 0 atom stereocenters. The summed E-state index contributed by atoms with van der Waals surface area (Å²) in [6, 6.07) is 14.2. The number of nitro benzene ring substituents is 1. The van der Waals surface area contributed by atoms with Gasteiger partial charge in [-0.25, -0.2) is 0 Å². The molecule has 130 valence electrons. The fraction of sp³-hybridized carbons (Fsp3) is 0.150. The molecule has 6 heteroatoms. The Morgan fingerprint density at radius 2 is 1.88 bits per heavy atom. The number of nitrogens with zero attached hydrogens (tertiary/aromatic N) is 1. The van der Waals surface area contributed by atoms with Crippen molar-refractivity contribution < 1.29 is 14.5 Å². The van der Waals surface area contributed by atoms with Gasteiger partial charge in [0.05, 0.1) is 12.0 Å². The van der Waals surface area contributed by atoms with Crippen LogP contribution in [-0.4, -0.2) is 17.9 Å². The topological polar surface area (TPSA) is 81.5 Å². The highest BCUT2D eigenvalue weighted by atomic mass is 16.6. The smallest absolute Gasteiger partial charge is 0.311 e. The number of carbonyl (C=O) groups excluding carboxylic acids is 1. The van der Waals surface area contributed by atoms with Gasteiger partial charge < -0.3 is 10.1 Å². The molecule has 4 rings (SSSR count). The minimum atomic E-state index is -0.561. The maximum atomic E-state index is 12.6. The van der Waals surface area contributed by atoms with Crippen LogP contribution in [0.3, 0.4) is 0 Å². The molecule has 0 saturated heterocycles. The highest BCUT2D eigenvalue weighted by molar-refractivity contribution is 6.10. The third-order valence-electron chi connectivity index (χ3n) is 4.76. The largest absolute Gasteiger partial charge is 0.490 e. The Morgan fingerprint density at radius 1 is 1.12 bits per heavy atom. The first-order valence-corrected chi connectivity index (χ1v) is 8.26. The number of anilines is 1. The number of methoxy groups -OCH3 is 1. The van der Waals surface area contributed by atoms with Crippen LogP contribution >= 0.6 is 0 Å². The first kappa shape index (κ1) is 16.1. The zero-order valence-corrected chi connectivity index (χ0v) is 14.1. The Hall–Kier alpha value is -3.41. The van der Waals surface area contributed by atoms with E-state index in [-0.39, 0.29) is 17.0 Å². The van der Waals surface area contributed by atoms with Crippen molar-refractivity contribution in [1.29, 1.82) is 0 Å². The fourth-order valence-electron chi connectivity index (χ4n) is 3.52. The normalized spacial score (nSPS) is 12.2. The van der Waals surface area contributed by atoms with Crippen molar-refractivity contribution in [2.45, 2.75) is 12.8 Å². The van der Waals surface area contributed by atoms with Crippen LogP contribution in [0.4, 0.5) is 11.4 Å². The lowest BCUT2D eigenvalue weighted by molar-refractivity contribution is -0.385. The molecule has 0 fully saturated rings. The van der Waals surface area contributed by atoms with Crippen LogP contribution in [0.25, 0.3) is 10.8 Å². The monoisotopic (exact) mass is 348 g/mol. The van der Waals surface area contributed by atoms with E-state index in [1.807, 2.05) is 24.3 Å². The van der Waals surface area contributed by atoms with E-state index in [9.17, 15) is 14.9 Å². The van der Waals surface area contributed by atoms with Crippen molar-refractivity contribution in [1.82, 2.24) is 0 Å². The number of rotatable bonds is 4. The number of aryl methyl sites for hydroxylation is 2. The van der Waals surface area contributed by atoms with E-state index in [0.29, 0.717) is 5.69 Å². The highest BCUT2D eigenvalue weighted by Gasteiger charge is 2.20. The van der Waals surface area contributed by atoms with Crippen LogP contribution in [0.5, 0.6) is 5.75 Å². The molecule has 0 aliphatic heterocycles. The number of hydrogen-bond donors (Lipinski definition) is 1. The molecule has 6 nitrogen and oxygen atoms in total. The number of amides is 1. The van der Waals surface area contributed by atoms with Crippen LogP contribution in [0.15, 0.2) is 48.5 Å². The number of carbonyl (C=O) groups is 1. The third-order valence-corrected chi connectivity index (χ3v) is 4.76. The van der Waals surface area contributed by atoms with Gasteiger partial charge in [-0.15, -0.1) is 0 Å². The summed E-state index contributed by atoms with van der Waals surface area (Å²) in [5.74, 6) is -0.272. The Labute approximate surface area is 149 Å². The Kier molecular flexibility index (Phi) is 3.80. The van der Waals surface area contributed by atoms with Crippen LogP contribution < -0.4 is 10.1 Å². The van der Waals surface area contributed by atoms with Gasteiger partial charge >= 0.3 is 5.69 Å². The second-order valence-corrected chi connectivity index (χ2v) is 6.21. The molecule has 0 spiro atoms. The number of ether oxygens (including phenoxy) is 1. The lowest BCUT2D eigenvalue weighted by atomic mass is 10.0. The lowest BCUT2D eigenvalue weighted by Crippen LogP contribution is -2.12. The molecule has 0 aromatic heterocycles. The van der Waals surface area contributed by atoms with Gasteiger partial charge in [0.1, 0.15) is 0 Å². The van der Waals surface area contributed by atoms with Crippen LogP contribution in [-0.2, 0) is 12.8 Å². The average Bonchev–Trinajstić information content (AvgIpc) is 3.08. The molecule has 0 bridgehead atoms. The van der Waals surface area contributed by atoms with Crippen molar-refractivity contribution in [2.75, 3.05) is 12.4 Å². The van der Waals surface area contributed by atoms with Gasteiger partial charge in [-0.3, -0.25) is 14.9 Å². The summed E-state index contributed by atoms with van der Waals surface area (Å²) >= 11 is 0. The minimum Gasteiger partial charge on any atom is -0.490 e. The van der Waals surface area contributed by atoms with Crippen molar-refractivity contribution in [2.24, 2.45) is 0 Å². The van der Waals surface area contributed by atoms with E-state index in [4.69, 9.17) is 4.74 Å². The summed E-state index contributed by atoms with van der Waals surface area (Å²) < 4.78 is 4.98. The van der Waals surface area contributed by atoms with Gasteiger partial charge in [0.2, 0.25) is 0 Å². The van der Waals surface area contributed by atoms with Gasteiger partial charge in [-0.05, 0) is 47.6 Å². The van der Waals surface area contributed by atoms with E-state index in [2.05, 4.69) is 11.4 Å².